The Labute approximate surface area is 619 Å². The molecule has 3 aliphatic rings. The lowest BCUT2D eigenvalue weighted by Gasteiger charge is -2.32. The van der Waals surface area contributed by atoms with Gasteiger partial charge in [0.05, 0.1) is 25.3 Å². The first-order valence-electron chi connectivity index (χ1n) is 35.6. The molecule has 0 spiro atoms. The van der Waals surface area contributed by atoms with Gasteiger partial charge in [0.1, 0.15) is 72.5 Å². The van der Waals surface area contributed by atoms with Crippen molar-refractivity contribution in [1.82, 2.24) is 68.3 Å². The van der Waals surface area contributed by atoms with Crippen molar-refractivity contribution in [3.63, 3.8) is 0 Å². The molecule has 42 nitrogen and oxygen atoms in total. The number of carbonyl (C=O) groups is 16. The molecular weight excluding hydrogens is 1410 g/mol. The summed E-state index contributed by atoms with van der Waals surface area (Å²) in [4.78, 5) is 232. The van der Waals surface area contributed by atoms with Crippen LogP contribution in [0.4, 0.5) is 0 Å². The number of carbonyl (C=O) groups excluding carboxylic acids is 13. The van der Waals surface area contributed by atoms with Gasteiger partial charge in [-0.15, -0.1) is 0 Å². The summed E-state index contributed by atoms with van der Waals surface area (Å²) in [6.45, 7) is 12.6. The van der Waals surface area contributed by atoms with Gasteiger partial charge in [0.15, 0.2) is 17.9 Å². The van der Waals surface area contributed by atoms with E-state index in [9.17, 15) is 92.0 Å². The van der Waals surface area contributed by atoms with Gasteiger partial charge >= 0.3 is 17.9 Å². The zero-order chi connectivity index (χ0) is 80.7. The average Bonchev–Trinajstić information content (AvgIpc) is 1.78. The van der Waals surface area contributed by atoms with E-state index in [0.29, 0.717) is 19.4 Å². The quantitative estimate of drug-likeness (QED) is 0.0153. The van der Waals surface area contributed by atoms with Crippen molar-refractivity contribution in [1.29, 1.82) is 0 Å². The van der Waals surface area contributed by atoms with Gasteiger partial charge in [-0.25, -0.2) is 0 Å². The van der Waals surface area contributed by atoms with E-state index in [2.05, 4.69) is 73.5 Å². The van der Waals surface area contributed by atoms with E-state index in [0.717, 1.165) is 16.2 Å². The van der Waals surface area contributed by atoms with Gasteiger partial charge < -0.3 is 124 Å². The standard InChI is InChI=1S/C65H111N23O19/c1-30(2)46(57(102)78-36(17-11-23-75-64(69)70)53(98)84-49(33(7)8)60(105)82-40(29-45(93)94)62(107)87-25-13-19-41(87)50(66)95)85-54(99)38(27-43(89)90)80-56(101)42-20-14-26-88(42)61(106)37(18-12-24-76-65(71)72)79-58(103)47(31(3)4)86-55(100)39(28-44(91)92)81-59(104)48(32(5)6)83-52(97)35(16-10-22-74-63(67)68)77-51(96)34-15-9-21-73-34/h30-42,46-49,73H,9-29H2,1-8H3,(H2,66,95)(H,77,96)(H,78,102)(H,79,103)(H,80,101)(H,81,104)(H,82,105)(H,83,97)(H,84,98)(H,85,99)(H,86,100)(H,89,90)(H,91,92)(H,93,94)(H4,67,68,74)(H4,69,70,75)(H4,71,72,76)/t34-,35-,36-,37-,38-,39-,40-,41-,42-,46-,47-,48-,49-/m0/s1. The third-order valence-electron chi connectivity index (χ3n) is 17.8. The summed E-state index contributed by atoms with van der Waals surface area (Å²) in [5.41, 5.74) is 38.5. The second-order valence-corrected chi connectivity index (χ2v) is 27.9. The van der Waals surface area contributed by atoms with Gasteiger partial charge in [-0.05, 0) is 107 Å². The highest BCUT2D eigenvalue weighted by atomic mass is 16.4. The zero-order valence-electron chi connectivity index (χ0n) is 61.8. The van der Waals surface area contributed by atoms with Crippen LogP contribution >= 0.6 is 0 Å². The highest BCUT2D eigenvalue weighted by Gasteiger charge is 2.44. The van der Waals surface area contributed by atoms with E-state index < -0.39 is 216 Å². The number of aliphatic carboxylic acids is 3. The smallest absolute Gasteiger partial charge is 0.305 e. The fourth-order valence-corrected chi connectivity index (χ4v) is 12.1. The third-order valence-corrected chi connectivity index (χ3v) is 17.8. The normalized spacial score (nSPS) is 18.2. The lowest BCUT2D eigenvalue weighted by atomic mass is 9.99. The van der Waals surface area contributed by atoms with Crippen LogP contribution in [0.2, 0.25) is 0 Å². The maximum Gasteiger partial charge on any atom is 0.305 e. The van der Waals surface area contributed by atoms with Gasteiger partial charge in [-0.1, -0.05) is 55.4 Å². The molecule has 28 N–H and O–H groups in total. The molecule has 0 aliphatic carbocycles. The van der Waals surface area contributed by atoms with E-state index in [1.807, 2.05) is 0 Å². The first-order chi connectivity index (χ1) is 50.1. The Balaban J connectivity index is 1.90. The second-order valence-electron chi connectivity index (χ2n) is 27.9. The number of rotatable bonds is 45. The van der Waals surface area contributed by atoms with Crippen molar-refractivity contribution in [2.75, 3.05) is 39.3 Å². The lowest BCUT2D eigenvalue weighted by Crippen LogP contribution is -2.62. The van der Waals surface area contributed by atoms with Crippen LogP contribution in [0, 0.1) is 23.7 Å². The summed E-state index contributed by atoms with van der Waals surface area (Å²) >= 11 is 0. The van der Waals surface area contributed by atoms with Gasteiger partial charge in [0.25, 0.3) is 0 Å². The monoisotopic (exact) mass is 1520 g/mol. The van der Waals surface area contributed by atoms with Crippen molar-refractivity contribution in [3.05, 3.63) is 0 Å². The fourth-order valence-electron chi connectivity index (χ4n) is 12.1. The van der Waals surface area contributed by atoms with Crippen LogP contribution in [0.3, 0.4) is 0 Å². The number of aliphatic imine (C=N–C) groups is 3. The Bertz CT molecular complexity index is 3260. The summed E-state index contributed by atoms with van der Waals surface area (Å²) in [6.07, 6.45) is -1.25. The van der Waals surface area contributed by atoms with Crippen LogP contribution in [0.15, 0.2) is 15.0 Å². The highest BCUT2D eigenvalue weighted by Crippen LogP contribution is 2.23. The molecule has 3 saturated heterocycles. The summed E-state index contributed by atoms with van der Waals surface area (Å²) in [7, 11) is 0. The van der Waals surface area contributed by atoms with Crippen molar-refractivity contribution >= 4 is 113 Å². The minimum absolute atomic E-state index is 0.0202. The molecule has 3 rings (SSSR count). The number of nitrogens with two attached hydrogens (primary N) is 7. The highest BCUT2D eigenvalue weighted by molar-refractivity contribution is 6.01. The van der Waals surface area contributed by atoms with Crippen molar-refractivity contribution < 1.29 is 92.0 Å². The third kappa shape index (κ3) is 30.4. The Hall–Kier alpha value is -10.7. The van der Waals surface area contributed by atoms with E-state index in [4.69, 9.17) is 40.1 Å². The largest absolute Gasteiger partial charge is 0.481 e. The topological polar surface area (TPSA) is 692 Å². The summed E-state index contributed by atoms with van der Waals surface area (Å²) in [5, 5.41) is 57.9. The number of primary amides is 1. The molecule has 0 radical (unpaired) electrons. The average molecular weight is 1520 g/mol. The number of hydrogen-bond donors (Lipinski definition) is 21. The molecule has 0 unspecified atom stereocenters. The maximum atomic E-state index is 14.8. The Kier molecular flexibility index (Phi) is 37.5. The summed E-state index contributed by atoms with van der Waals surface area (Å²) < 4.78 is 0. The van der Waals surface area contributed by atoms with Crippen molar-refractivity contribution in [2.45, 2.75) is 230 Å². The second kappa shape index (κ2) is 44.3. The molecule has 600 valence electrons. The van der Waals surface area contributed by atoms with E-state index in [-0.39, 0.29) is 108 Å². The number of carboxylic acids is 3. The number of guanidine groups is 3. The van der Waals surface area contributed by atoms with Crippen LogP contribution < -0.4 is 98.6 Å². The number of carboxylic acid groups (broad SMARTS) is 3. The molecule has 13 atom stereocenters. The van der Waals surface area contributed by atoms with Gasteiger partial charge in [0, 0.05) is 32.7 Å². The van der Waals surface area contributed by atoms with Gasteiger partial charge in [0.2, 0.25) is 76.8 Å². The molecule has 3 heterocycles. The number of likely N-dealkylation sites (tertiary alicyclic amines) is 2. The van der Waals surface area contributed by atoms with Crippen molar-refractivity contribution in [2.24, 2.45) is 78.8 Å². The van der Waals surface area contributed by atoms with Crippen LogP contribution in [-0.4, -0.2) is 256 Å². The predicted octanol–water partition coefficient (Wildman–Crippen LogP) is -7.74. The maximum absolute atomic E-state index is 14.8. The number of amides is 13. The summed E-state index contributed by atoms with van der Waals surface area (Å²) in [5.74, 6) is -20.9. The van der Waals surface area contributed by atoms with Gasteiger partial charge in [-0.2, -0.15) is 0 Å². The SMILES string of the molecule is CC(C)[C@H](NC(=O)[C@H](CC(=O)O)NC(=O)[C@@H]1CCCN1C(=O)[C@H](CCCN=C(N)N)NC(=O)[C@@H](NC(=O)[C@H](CC(=O)O)NC(=O)[C@@H](NC(=O)[C@H](CCCN=C(N)N)NC(=O)[C@@H]1CCCN1)C(C)C)C(C)C)C(=O)N[C@@H](CCCN=C(N)N)C(=O)N[C@H](C(=O)N[C@@H](CC(=O)O)C(=O)N1CCC[C@H]1C(N)=O)C(C)C. The van der Waals surface area contributed by atoms with Crippen LogP contribution in [0.5, 0.6) is 0 Å². The minimum atomic E-state index is -1.95. The molecule has 3 aliphatic heterocycles. The first kappa shape index (κ1) is 90.5. The zero-order valence-corrected chi connectivity index (χ0v) is 61.8. The number of hydrogen-bond acceptors (Lipinski definition) is 20. The number of nitrogens with one attached hydrogen (secondary N) is 11. The van der Waals surface area contributed by atoms with Crippen LogP contribution in [0.1, 0.15) is 152 Å². The van der Waals surface area contributed by atoms with E-state index in [1.54, 1.807) is 13.8 Å². The Morgan fingerprint density at radius 2 is 0.682 bits per heavy atom. The van der Waals surface area contributed by atoms with Crippen LogP contribution in [0.25, 0.3) is 0 Å². The Morgan fingerprint density at radius 3 is 1.05 bits per heavy atom. The van der Waals surface area contributed by atoms with E-state index >= 15 is 0 Å². The fraction of sp³-hybridized carbons (Fsp3) is 0.708. The molecule has 0 aromatic carbocycles. The van der Waals surface area contributed by atoms with Gasteiger partial charge in [-0.3, -0.25) is 91.7 Å². The van der Waals surface area contributed by atoms with Crippen molar-refractivity contribution in [3.8, 4) is 0 Å². The minimum Gasteiger partial charge on any atom is -0.481 e. The molecular formula is C65H111N23O19. The van der Waals surface area contributed by atoms with E-state index in [1.165, 1.54) is 41.5 Å². The van der Waals surface area contributed by atoms with Crippen LogP contribution in [-0.2, 0) is 76.7 Å². The molecule has 0 saturated carbocycles. The predicted molar refractivity (Wildman–Crippen MR) is 385 cm³/mol. The molecule has 13 amide bonds. The molecule has 107 heavy (non-hydrogen) atoms. The molecule has 0 aromatic heterocycles. The molecule has 3 fully saturated rings. The molecule has 0 aromatic rings. The summed E-state index contributed by atoms with van der Waals surface area (Å²) in [6, 6.07) is -18.9. The molecule has 42 heteroatoms. The number of nitrogens with zero attached hydrogens (tertiary/aromatic N) is 5. The Morgan fingerprint density at radius 1 is 0.374 bits per heavy atom. The lowest BCUT2D eigenvalue weighted by molar-refractivity contribution is -0.146. The first-order valence-corrected chi connectivity index (χ1v) is 35.6. The molecule has 0 bridgehead atoms.